The molecule has 0 N–H and O–H groups in total. The summed E-state index contributed by atoms with van der Waals surface area (Å²) in [7, 11) is -2.06. The lowest BCUT2D eigenvalue weighted by atomic mass is 9.82. The lowest BCUT2D eigenvalue weighted by Gasteiger charge is -2.21. The summed E-state index contributed by atoms with van der Waals surface area (Å²) < 4.78 is 2.44. The summed E-state index contributed by atoms with van der Waals surface area (Å²) in [6, 6.07) is 50.9. The van der Waals surface area contributed by atoms with Gasteiger partial charge in [0.25, 0.3) is 0 Å². The molecule has 4 heteroatoms. The predicted molar refractivity (Wildman–Crippen MR) is 207 cm³/mol. The van der Waals surface area contributed by atoms with Crippen LogP contribution in [-0.2, 0) is 5.41 Å². The Kier molecular flexibility index (Phi) is 5.79. The number of hydrogen-bond acceptors (Lipinski definition) is 2. The van der Waals surface area contributed by atoms with Crippen molar-refractivity contribution in [3.05, 3.63) is 151 Å². The maximum absolute atomic E-state index is 5.45. The molecule has 234 valence electrons. The van der Waals surface area contributed by atoms with Crippen molar-refractivity contribution in [1.82, 2.24) is 14.5 Å². The van der Waals surface area contributed by atoms with Gasteiger partial charge in [0.2, 0.25) is 0 Å². The molecule has 10 rings (SSSR count). The van der Waals surface area contributed by atoms with Gasteiger partial charge in [-0.25, -0.2) is 9.97 Å². The average molecular weight is 646 g/mol. The Balaban J connectivity index is 1.21. The van der Waals surface area contributed by atoms with Crippen LogP contribution in [0.4, 0.5) is 0 Å². The van der Waals surface area contributed by atoms with E-state index in [1.165, 1.54) is 65.7 Å². The van der Waals surface area contributed by atoms with E-state index in [9.17, 15) is 0 Å². The van der Waals surface area contributed by atoms with Crippen molar-refractivity contribution in [3.63, 3.8) is 0 Å². The third kappa shape index (κ3) is 3.89. The van der Waals surface area contributed by atoms with Crippen LogP contribution in [0.3, 0.4) is 0 Å². The molecule has 0 saturated carbocycles. The fraction of sp³-hybridized carbons (Fsp3) is 0.111. The van der Waals surface area contributed by atoms with Gasteiger partial charge < -0.3 is 4.57 Å². The van der Waals surface area contributed by atoms with Crippen LogP contribution < -0.4 is 10.5 Å². The Morgan fingerprint density at radius 3 is 2.12 bits per heavy atom. The first kappa shape index (κ1) is 28.4. The summed E-state index contributed by atoms with van der Waals surface area (Å²) in [4.78, 5) is 10.8. The minimum absolute atomic E-state index is 0.0797. The standard InChI is InChI=1S/C45H35N3Si/c1-45(2)36-22-11-8-19-31(36)34-26-35-32-20-9-12-23-38(32)48(39(35)27-37(34)45)30-18-14-17-29(25-30)43-46-42(28-15-6-5-7-16-28)41-33-21-10-13-24-40(33)49(3,4)44(41)47-43/h5-27H,1-4H3. The van der Waals surface area contributed by atoms with Crippen LogP contribution in [0, 0.1) is 0 Å². The van der Waals surface area contributed by atoms with Crippen LogP contribution in [0.2, 0.25) is 13.1 Å². The Hall–Kier alpha value is -5.58. The molecule has 0 unspecified atom stereocenters. The second-order valence-electron chi connectivity index (χ2n) is 14.6. The molecular formula is C45H35N3Si. The molecule has 0 fully saturated rings. The average Bonchev–Trinajstić information content (AvgIpc) is 3.68. The number of nitrogens with zero attached hydrogens (tertiary/aromatic N) is 3. The second kappa shape index (κ2) is 9.97. The van der Waals surface area contributed by atoms with E-state index in [-0.39, 0.29) is 5.41 Å². The fourth-order valence-electron chi connectivity index (χ4n) is 8.70. The Morgan fingerprint density at radius 1 is 0.551 bits per heavy atom. The van der Waals surface area contributed by atoms with Gasteiger partial charge in [-0.05, 0) is 63.3 Å². The van der Waals surface area contributed by atoms with Crippen molar-refractivity contribution in [2.45, 2.75) is 32.4 Å². The fourth-order valence-corrected chi connectivity index (χ4v) is 11.6. The highest BCUT2D eigenvalue weighted by molar-refractivity contribution is 7.03. The van der Waals surface area contributed by atoms with Crippen molar-refractivity contribution in [1.29, 1.82) is 0 Å². The molecule has 2 aromatic heterocycles. The first-order valence-electron chi connectivity index (χ1n) is 17.2. The van der Waals surface area contributed by atoms with Gasteiger partial charge in [0.1, 0.15) is 8.07 Å². The van der Waals surface area contributed by atoms with Crippen molar-refractivity contribution < 1.29 is 0 Å². The highest BCUT2D eigenvalue weighted by atomic mass is 28.3. The molecule has 0 bridgehead atoms. The second-order valence-corrected chi connectivity index (χ2v) is 18.9. The number of para-hydroxylation sites is 1. The van der Waals surface area contributed by atoms with Crippen LogP contribution >= 0.6 is 0 Å². The number of fused-ring (bicyclic) bond motifs is 9. The van der Waals surface area contributed by atoms with Crippen molar-refractivity contribution >= 4 is 40.4 Å². The first-order valence-corrected chi connectivity index (χ1v) is 20.2. The molecule has 0 saturated heterocycles. The number of rotatable bonds is 3. The summed E-state index contributed by atoms with van der Waals surface area (Å²) >= 11 is 0. The van der Waals surface area contributed by atoms with Gasteiger partial charge in [0.05, 0.1) is 16.7 Å². The predicted octanol–water partition coefficient (Wildman–Crippen LogP) is 10.0. The molecule has 6 aromatic carbocycles. The Labute approximate surface area is 287 Å². The van der Waals surface area contributed by atoms with E-state index < -0.39 is 8.07 Å². The zero-order valence-corrected chi connectivity index (χ0v) is 29.1. The van der Waals surface area contributed by atoms with E-state index in [4.69, 9.17) is 9.97 Å². The van der Waals surface area contributed by atoms with Gasteiger partial charge in [0, 0.05) is 43.9 Å². The van der Waals surface area contributed by atoms with Crippen molar-refractivity contribution in [3.8, 4) is 50.6 Å². The molecule has 1 aliphatic heterocycles. The number of benzene rings is 6. The van der Waals surface area contributed by atoms with E-state index in [1.807, 2.05) is 0 Å². The maximum Gasteiger partial charge on any atom is 0.159 e. The smallest absolute Gasteiger partial charge is 0.159 e. The molecule has 2 aliphatic rings. The highest BCUT2D eigenvalue weighted by Crippen LogP contribution is 2.51. The van der Waals surface area contributed by atoms with E-state index in [0.29, 0.717) is 0 Å². The molecule has 0 amide bonds. The largest absolute Gasteiger partial charge is 0.309 e. The molecule has 0 atom stereocenters. The van der Waals surface area contributed by atoms with Gasteiger partial charge in [-0.3, -0.25) is 0 Å². The van der Waals surface area contributed by atoms with Gasteiger partial charge in [-0.2, -0.15) is 0 Å². The summed E-state index contributed by atoms with van der Waals surface area (Å²) in [5.74, 6) is 0.783. The quantitative estimate of drug-likeness (QED) is 0.179. The molecule has 3 nitrogen and oxygen atoms in total. The third-order valence-electron chi connectivity index (χ3n) is 11.2. The third-order valence-corrected chi connectivity index (χ3v) is 14.5. The normalized spacial score (nSPS) is 14.9. The van der Waals surface area contributed by atoms with Gasteiger partial charge in [-0.15, -0.1) is 0 Å². The number of hydrogen-bond donors (Lipinski definition) is 0. The van der Waals surface area contributed by atoms with Crippen LogP contribution in [0.25, 0.3) is 72.4 Å². The van der Waals surface area contributed by atoms with Crippen LogP contribution in [-0.4, -0.2) is 22.6 Å². The molecular weight excluding hydrogens is 611 g/mol. The summed E-state index contributed by atoms with van der Waals surface area (Å²) in [6.07, 6.45) is 0. The molecule has 3 heterocycles. The lowest BCUT2D eigenvalue weighted by Crippen LogP contribution is -2.50. The first-order chi connectivity index (χ1) is 23.8. The molecule has 1 aliphatic carbocycles. The van der Waals surface area contributed by atoms with Crippen LogP contribution in [0.1, 0.15) is 25.0 Å². The molecule has 0 radical (unpaired) electrons. The van der Waals surface area contributed by atoms with E-state index >= 15 is 0 Å². The molecule has 49 heavy (non-hydrogen) atoms. The molecule has 0 spiro atoms. The van der Waals surface area contributed by atoms with Gasteiger partial charge in [-0.1, -0.05) is 136 Å². The minimum atomic E-state index is -2.06. The summed E-state index contributed by atoms with van der Waals surface area (Å²) in [6.45, 7) is 9.57. The number of aromatic nitrogens is 3. The van der Waals surface area contributed by atoms with E-state index in [0.717, 1.165) is 28.3 Å². The zero-order valence-electron chi connectivity index (χ0n) is 28.1. The van der Waals surface area contributed by atoms with Crippen LogP contribution in [0.15, 0.2) is 140 Å². The molecule has 8 aromatic rings. The Morgan fingerprint density at radius 2 is 1.27 bits per heavy atom. The van der Waals surface area contributed by atoms with Crippen molar-refractivity contribution in [2.24, 2.45) is 0 Å². The van der Waals surface area contributed by atoms with Gasteiger partial charge in [0.15, 0.2) is 5.82 Å². The van der Waals surface area contributed by atoms with E-state index in [1.54, 1.807) is 0 Å². The lowest BCUT2D eigenvalue weighted by molar-refractivity contribution is 0.661. The van der Waals surface area contributed by atoms with Crippen molar-refractivity contribution in [2.75, 3.05) is 0 Å². The Bertz CT molecular complexity index is 2660. The van der Waals surface area contributed by atoms with Gasteiger partial charge >= 0.3 is 0 Å². The highest BCUT2D eigenvalue weighted by Gasteiger charge is 2.41. The van der Waals surface area contributed by atoms with E-state index in [2.05, 4.69) is 171 Å². The summed E-state index contributed by atoms with van der Waals surface area (Å²) in [5, 5.41) is 5.19. The van der Waals surface area contributed by atoms with Crippen LogP contribution in [0.5, 0.6) is 0 Å². The topological polar surface area (TPSA) is 30.7 Å². The summed E-state index contributed by atoms with van der Waals surface area (Å²) in [5.41, 5.74) is 14.6. The SMILES string of the molecule is CC1(C)c2ccccc2-c2cc3c4ccccc4n(-c4cccc(-c5nc(-c6ccccc6)c6c(n5)[Si](C)(C)c5ccccc5-6)c4)c3cc21. The monoisotopic (exact) mass is 645 g/mol. The zero-order chi connectivity index (χ0) is 33.1. The maximum atomic E-state index is 5.45. The minimum Gasteiger partial charge on any atom is -0.309 e.